The number of ether oxygens (including phenoxy) is 2. The fourth-order valence-electron chi connectivity index (χ4n) is 3.77. The fraction of sp³-hybridized carbons (Fsp3) is 0.733. The van der Waals surface area contributed by atoms with Crippen LogP contribution in [0, 0.1) is 11.8 Å². The van der Waals surface area contributed by atoms with Crippen LogP contribution in [-0.2, 0) is 9.47 Å². The highest BCUT2D eigenvalue weighted by molar-refractivity contribution is 5.21. The summed E-state index contributed by atoms with van der Waals surface area (Å²) in [5, 5.41) is 0. The van der Waals surface area contributed by atoms with Crippen molar-refractivity contribution < 1.29 is 9.47 Å². The Kier molecular flexibility index (Phi) is 3.31. The standard InChI is InChI=1S/C15H23NO2/c1-17-14-12-8-4-3-7-11(12)13(18-14)15(16)9-5-2-6-10-15/h3-4,7-8,11-14H,2,5-6,9-10,16H2,1H3/t11-,12-,13+,14-/m1/s1. The van der Waals surface area contributed by atoms with Crippen LogP contribution >= 0.6 is 0 Å². The molecule has 2 fully saturated rings. The van der Waals surface area contributed by atoms with Gasteiger partial charge in [-0.15, -0.1) is 0 Å². The average Bonchev–Trinajstić information content (AvgIpc) is 2.79. The molecule has 0 aromatic heterocycles. The van der Waals surface area contributed by atoms with Crippen molar-refractivity contribution in [3.05, 3.63) is 24.3 Å². The Morgan fingerprint density at radius 1 is 1.11 bits per heavy atom. The third-order valence-electron chi connectivity index (χ3n) is 4.75. The maximum absolute atomic E-state index is 6.65. The van der Waals surface area contributed by atoms with Gasteiger partial charge in [0, 0.05) is 24.5 Å². The molecule has 1 aliphatic heterocycles. The molecule has 3 aliphatic rings. The van der Waals surface area contributed by atoms with Gasteiger partial charge < -0.3 is 15.2 Å². The van der Waals surface area contributed by atoms with E-state index in [4.69, 9.17) is 15.2 Å². The lowest BCUT2D eigenvalue weighted by Gasteiger charge is -2.40. The van der Waals surface area contributed by atoms with Crippen LogP contribution in [0.3, 0.4) is 0 Å². The molecular formula is C15H23NO2. The number of allylic oxidation sites excluding steroid dienone is 2. The van der Waals surface area contributed by atoms with Gasteiger partial charge in [-0.3, -0.25) is 0 Å². The lowest BCUT2D eigenvalue weighted by molar-refractivity contribution is -0.142. The SMILES string of the molecule is CO[C@@H]1O[C@H](C2(N)CCCCC2)[C@@H]2C=CC=C[C@@H]12. The molecule has 1 saturated carbocycles. The summed E-state index contributed by atoms with van der Waals surface area (Å²) in [5.41, 5.74) is 6.49. The van der Waals surface area contributed by atoms with Crippen molar-refractivity contribution in [1.29, 1.82) is 0 Å². The monoisotopic (exact) mass is 249 g/mol. The van der Waals surface area contributed by atoms with Gasteiger partial charge >= 0.3 is 0 Å². The highest BCUT2D eigenvalue weighted by atomic mass is 16.7. The van der Waals surface area contributed by atoms with Gasteiger partial charge in [0.05, 0.1) is 6.10 Å². The predicted molar refractivity (Wildman–Crippen MR) is 70.9 cm³/mol. The molecule has 3 nitrogen and oxygen atoms in total. The third kappa shape index (κ3) is 1.94. The minimum Gasteiger partial charge on any atom is -0.355 e. The van der Waals surface area contributed by atoms with Crippen LogP contribution < -0.4 is 5.73 Å². The largest absolute Gasteiger partial charge is 0.355 e. The number of rotatable bonds is 2. The van der Waals surface area contributed by atoms with E-state index in [2.05, 4.69) is 24.3 Å². The van der Waals surface area contributed by atoms with E-state index in [0.717, 1.165) is 12.8 Å². The van der Waals surface area contributed by atoms with E-state index in [9.17, 15) is 0 Å². The van der Waals surface area contributed by atoms with Crippen LogP contribution in [0.5, 0.6) is 0 Å². The molecule has 0 aromatic rings. The molecule has 2 aliphatic carbocycles. The molecule has 18 heavy (non-hydrogen) atoms. The first kappa shape index (κ1) is 12.4. The first-order valence-corrected chi connectivity index (χ1v) is 7.07. The van der Waals surface area contributed by atoms with E-state index in [0.29, 0.717) is 11.8 Å². The zero-order valence-electron chi connectivity index (χ0n) is 11.0. The molecule has 1 saturated heterocycles. The van der Waals surface area contributed by atoms with E-state index >= 15 is 0 Å². The third-order valence-corrected chi connectivity index (χ3v) is 4.75. The molecule has 0 aromatic carbocycles. The van der Waals surface area contributed by atoms with Crippen molar-refractivity contribution in [3.63, 3.8) is 0 Å². The van der Waals surface area contributed by atoms with Crippen molar-refractivity contribution in [2.24, 2.45) is 17.6 Å². The lowest BCUT2D eigenvalue weighted by Crippen LogP contribution is -2.54. The minimum absolute atomic E-state index is 0.106. The van der Waals surface area contributed by atoms with E-state index in [1.165, 1.54) is 19.3 Å². The molecule has 1 heterocycles. The van der Waals surface area contributed by atoms with Gasteiger partial charge in [-0.1, -0.05) is 43.6 Å². The van der Waals surface area contributed by atoms with Gasteiger partial charge in [-0.25, -0.2) is 0 Å². The van der Waals surface area contributed by atoms with Crippen LogP contribution in [0.25, 0.3) is 0 Å². The molecule has 3 heteroatoms. The van der Waals surface area contributed by atoms with Crippen LogP contribution in [0.2, 0.25) is 0 Å². The Bertz CT molecular complexity index is 358. The molecule has 3 rings (SSSR count). The van der Waals surface area contributed by atoms with Crippen molar-refractivity contribution in [2.45, 2.75) is 50.0 Å². The summed E-state index contributed by atoms with van der Waals surface area (Å²) in [6.45, 7) is 0. The number of hydrogen-bond donors (Lipinski definition) is 1. The molecule has 0 bridgehead atoms. The summed E-state index contributed by atoms with van der Waals surface area (Å²) in [5.74, 6) is 0.704. The zero-order chi connectivity index (χ0) is 12.6. The second kappa shape index (κ2) is 4.80. The smallest absolute Gasteiger partial charge is 0.164 e. The van der Waals surface area contributed by atoms with Gasteiger partial charge in [-0.2, -0.15) is 0 Å². The Morgan fingerprint density at radius 2 is 1.78 bits per heavy atom. The molecule has 0 unspecified atom stereocenters. The Labute approximate surface area is 109 Å². The Morgan fingerprint density at radius 3 is 2.44 bits per heavy atom. The summed E-state index contributed by atoms with van der Waals surface area (Å²) >= 11 is 0. The summed E-state index contributed by atoms with van der Waals surface area (Å²) < 4.78 is 11.6. The number of methoxy groups -OCH3 is 1. The number of nitrogens with two attached hydrogens (primary N) is 1. The van der Waals surface area contributed by atoms with Crippen LogP contribution in [0.15, 0.2) is 24.3 Å². The fourth-order valence-corrected chi connectivity index (χ4v) is 3.77. The molecule has 100 valence electrons. The predicted octanol–water partition coefficient (Wildman–Crippen LogP) is 2.38. The van der Waals surface area contributed by atoms with E-state index in [1.807, 2.05) is 0 Å². The molecule has 2 N–H and O–H groups in total. The summed E-state index contributed by atoms with van der Waals surface area (Å²) in [4.78, 5) is 0. The lowest BCUT2D eigenvalue weighted by atomic mass is 9.72. The molecule has 0 radical (unpaired) electrons. The van der Waals surface area contributed by atoms with E-state index < -0.39 is 0 Å². The van der Waals surface area contributed by atoms with Crippen molar-refractivity contribution in [3.8, 4) is 0 Å². The molecule has 0 amide bonds. The highest BCUT2D eigenvalue weighted by Crippen LogP contribution is 2.44. The molecule has 0 spiro atoms. The van der Waals surface area contributed by atoms with Gasteiger partial charge in [0.1, 0.15) is 0 Å². The highest BCUT2D eigenvalue weighted by Gasteiger charge is 2.51. The summed E-state index contributed by atoms with van der Waals surface area (Å²) in [7, 11) is 1.72. The van der Waals surface area contributed by atoms with Crippen LogP contribution in [0.1, 0.15) is 32.1 Å². The van der Waals surface area contributed by atoms with Gasteiger partial charge in [0.25, 0.3) is 0 Å². The number of hydrogen-bond acceptors (Lipinski definition) is 3. The minimum atomic E-state index is -0.163. The quantitative estimate of drug-likeness (QED) is 0.817. The Hall–Kier alpha value is -0.640. The maximum Gasteiger partial charge on any atom is 0.164 e. The Balaban J connectivity index is 1.84. The second-order valence-electron chi connectivity index (χ2n) is 5.88. The second-order valence-corrected chi connectivity index (χ2v) is 5.88. The van der Waals surface area contributed by atoms with Crippen molar-refractivity contribution in [2.75, 3.05) is 7.11 Å². The first-order valence-electron chi connectivity index (χ1n) is 7.07. The van der Waals surface area contributed by atoms with Crippen molar-refractivity contribution in [1.82, 2.24) is 0 Å². The summed E-state index contributed by atoms with van der Waals surface area (Å²) in [6.07, 6.45) is 14.5. The van der Waals surface area contributed by atoms with Gasteiger partial charge in [-0.05, 0) is 12.8 Å². The van der Waals surface area contributed by atoms with Crippen LogP contribution in [-0.4, -0.2) is 25.0 Å². The van der Waals surface area contributed by atoms with Crippen LogP contribution in [0.4, 0.5) is 0 Å². The summed E-state index contributed by atoms with van der Waals surface area (Å²) in [6, 6.07) is 0. The molecule has 4 atom stereocenters. The van der Waals surface area contributed by atoms with Gasteiger partial charge in [0.15, 0.2) is 6.29 Å². The molecular weight excluding hydrogens is 226 g/mol. The van der Waals surface area contributed by atoms with E-state index in [1.54, 1.807) is 7.11 Å². The first-order chi connectivity index (χ1) is 8.74. The van der Waals surface area contributed by atoms with E-state index in [-0.39, 0.29) is 17.9 Å². The van der Waals surface area contributed by atoms with Gasteiger partial charge in [0.2, 0.25) is 0 Å². The topological polar surface area (TPSA) is 44.5 Å². The maximum atomic E-state index is 6.65. The number of fused-ring (bicyclic) bond motifs is 1. The van der Waals surface area contributed by atoms with Crippen molar-refractivity contribution >= 4 is 0 Å². The zero-order valence-corrected chi connectivity index (χ0v) is 11.0. The average molecular weight is 249 g/mol. The normalized spacial score (nSPS) is 41.9.